The van der Waals surface area contributed by atoms with Gasteiger partial charge in [0.05, 0.1) is 6.61 Å². The van der Waals surface area contributed by atoms with E-state index >= 15 is 0 Å². The first-order valence-corrected chi connectivity index (χ1v) is 8.19. The summed E-state index contributed by atoms with van der Waals surface area (Å²) in [5.74, 6) is 0.864. The molecule has 0 spiro atoms. The van der Waals surface area contributed by atoms with Crippen LogP contribution in [0.15, 0.2) is 0 Å². The topological polar surface area (TPSA) is 26.3 Å². The van der Waals surface area contributed by atoms with Crippen LogP contribution in [-0.2, 0) is 9.53 Å². The molecule has 112 valence electrons. The van der Waals surface area contributed by atoms with Crippen molar-refractivity contribution in [3.05, 3.63) is 0 Å². The maximum absolute atomic E-state index is 11.7. The van der Waals surface area contributed by atoms with Gasteiger partial charge in [0.1, 0.15) is 6.29 Å². The standard InChI is InChI=1S/C17H32O2/c1-4-9-16(13-18)17(12-5-2,14-19-3)15-10-7-6-8-11-15/h13,15-16H,4-12,14H2,1-3H3. The van der Waals surface area contributed by atoms with Crippen molar-refractivity contribution in [2.45, 2.75) is 71.6 Å². The lowest BCUT2D eigenvalue weighted by Crippen LogP contribution is -2.43. The first-order valence-electron chi connectivity index (χ1n) is 8.19. The second-order valence-corrected chi connectivity index (χ2v) is 6.28. The third kappa shape index (κ3) is 4.05. The molecule has 0 bridgehead atoms. The zero-order valence-electron chi connectivity index (χ0n) is 13.1. The summed E-state index contributed by atoms with van der Waals surface area (Å²) in [7, 11) is 1.79. The minimum Gasteiger partial charge on any atom is -0.384 e. The van der Waals surface area contributed by atoms with Crippen molar-refractivity contribution in [3.63, 3.8) is 0 Å². The molecule has 1 aliphatic carbocycles. The minimum absolute atomic E-state index is 0.0989. The Kier molecular flexibility index (Phi) is 7.67. The summed E-state index contributed by atoms with van der Waals surface area (Å²) in [6.07, 6.45) is 12.2. The molecule has 1 rings (SSSR count). The second-order valence-electron chi connectivity index (χ2n) is 6.28. The molecule has 0 radical (unpaired) electrons. The lowest BCUT2D eigenvalue weighted by molar-refractivity contribution is -0.122. The number of hydrogen-bond acceptors (Lipinski definition) is 2. The summed E-state index contributed by atoms with van der Waals surface area (Å²) in [4.78, 5) is 11.7. The Labute approximate surface area is 119 Å². The number of methoxy groups -OCH3 is 1. The highest BCUT2D eigenvalue weighted by atomic mass is 16.5. The Balaban J connectivity index is 2.98. The van der Waals surface area contributed by atoms with E-state index in [-0.39, 0.29) is 11.3 Å². The van der Waals surface area contributed by atoms with E-state index in [4.69, 9.17) is 4.74 Å². The van der Waals surface area contributed by atoms with Crippen LogP contribution in [0, 0.1) is 17.3 Å². The van der Waals surface area contributed by atoms with Crippen molar-refractivity contribution in [1.29, 1.82) is 0 Å². The highest BCUT2D eigenvalue weighted by molar-refractivity contribution is 5.55. The number of aldehydes is 1. The van der Waals surface area contributed by atoms with E-state index in [2.05, 4.69) is 13.8 Å². The number of rotatable bonds is 9. The normalized spacial score (nSPS) is 21.8. The van der Waals surface area contributed by atoms with E-state index in [1.165, 1.54) is 38.4 Å². The van der Waals surface area contributed by atoms with Crippen molar-refractivity contribution in [3.8, 4) is 0 Å². The molecule has 19 heavy (non-hydrogen) atoms. The van der Waals surface area contributed by atoms with Gasteiger partial charge in [-0.1, -0.05) is 46.0 Å². The van der Waals surface area contributed by atoms with E-state index in [0.717, 1.165) is 32.3 Å². The molecule has 1 saturated carbocycles. The Morgan fingerprint density at radius 2 is 1.89 bits per heavy atom. The molecule has 0 amide bonds. The van der Waals surface area contributed by atoms with Gasteiger partial charge >= 0.3 is 0 Å². The van der Waals surface area contributed by atoms with Gasteiger partial charge in [0, 0.05) is 18.4 Å². The SMILES string of the molecule is CCCC(C=O)C(CCC)(COC)C1CCCCC1. The Bertz CT molecular complexity index is 238. The lowest BCUT2D eigenvalue weighted by Gasteiger charge is -2.46. The molecule has 0 aromatic carbocycles. The van der Waals surface area contributed by atoms with E-state index in [1.54, 1.807) is 7.11 Å². The van der Waals surface area contributed by atoms with Gasteiger partial charge in [0.25, 0.3) is 0 Å². The Morgan fingerprint density at radius 3 is 2.37 bits per heavy atom. The molecule has 2 nitrogen and oxygen atoms in total. The molecule has 2 atom stereocenters. The third-order valence-corrected chi connectivity index (χ3v) is 5.05. The average molecular weight is 268 g/mol. The van der Waals surface area contributed by atoms with Gasteiger partial charge in [-0.2, -0.15) is 0 Å². The van der Waals surface area contributed by atoms with E-state index in [1.807, 2.05) is 0 Å². The Morgan fingerprint density at radius 1 is 1.21 bits per heavy atom. The summed E-state index contributed by atoms with van der Waals surface area (Å²) in [6.45, 7) is 5.18. The van der Waals surface area contributed by atoms with Gasteiger partial charge in [-0.25, -0.2) is 0 Å². The van der Waals surface area contributed by atoms with Gasteiger partial charge in [-0.3, -0.25) is 0 Å². The van der Waals surface area contributed by atoms with Crippen molar-refractivity contribution in [2.75, 3.05) is 13.7 Å². The van der Waals surface area contributed by atoms with E-state index in [9.17, 15) is 4.79 Å². The fourth-order valence-corrected chi connectivity index (χ4v) is 4.20. The van der Waals surface area contributed by atoms with Crippen molar-refractivity contribution < 1.29 is 9.53 Å². The summed E-state index contributed by atoms with van der Waals surface area (Å²) in [5.41, 5.74) is 0.0989. The van der Waals surface area contributed by atoms with Crippen LogP contribution < -0.4 is 0 Å². The average Bonchev–Trinajstić information content (AvgIpc) is 2.45. The summed E-state index contributed by atoms with van der Waals surface area (Å²) >= 11 is 0. The maximum Gasteiger partial charge on any atom is 0.123 e. The molecule has 0 aliphatic heterocycles. The van der Waals surface area contributed by atoms with Crippen LogP contribution >= 0.6 is 0 Å². The zero-order chi connectivity index (χ0) is 14.1. The van der Waals surface area contributed by atoms with Crippen LogP contribution in [0.25, 0.3) is 0 Å². The first-order chi connectivity index (χ1) is 9.25. The smallest absolute Gasteiger partial charge is 0.123 e. The second kappa shape index (κ2) is 8.73. The molecule has 0 aromatic heterocycles. The number of carbonyl (C=O) groups is 1. The zero-order valence-corrected chi connectivity index (χ0v) is 13.1. The molecular formula is C17H32O2. The fourth-order valence-electron chi connectivity index (χ4n) is 4.20. The molecule has 0 N–H and O–H groups in total. The largest absolute Gasteiger partial charge is 0.384 e. The number of hydrogen-bond donors (Lipinski definition) is 0. The minimum atomic E-state index is 0.0989. The highest BCUT2D eigenvalue weighted by Gasteiger charge is 2.44. The van der Waals surface area contributed by atoms with Crippen LogP contribution in [0.4, 0.5) is 0 Å². The van der Waals surface area contributed by atoms with Crippen molar-refractivity contribution >= 4 is 6.29 Å². The molecular weight excluding hydrogens is 236 g/mol. The van der Waals surface area contributed by atoms with Crippen molar-refractivity contribution in [2.24, 2.45) is 17.3 Å². The highest BCUT2D eigenvalue weighted by Crippen LogP contribution is 2.48. The van der Waals surface area contributed by atoms with Crippen LogP contribution in [0.3, 0.4) is 0 Å². The van der Waals surface area contributed by atoms with Gasteiger partial charge in [0.2, 0.25) is 0 Å². The van der Waals surface area contributed by atoms with Crippen LogP contribution in [-0.4, -0.2) is 20.0 Å². The lowest BCUT2D eigenvalue weighted by atomic mass is 9.60. The predicted octanol–water partition coefficient (Wildman–Crippen LogP) is 4.61. The monoisotopic (exact) mass is 268 g/mol. The summed E-state index contributed by atoms with van der Waals surface area (Å²) in [6, 6.07) is 0. The van der Waals surface area contributed by atoms with Gasteiger partial charge in [-0.15, -0.1) is 0 Å². The van der Waals surface area contributed by atoms with Crippen molar-refractivity contribution in [1.82, 2.24) is 0 Å². The maximum atomic E-state index is 11.7. The van der Waals surface area contributed by atoms with Gasteiger partial charge in [0.15, 0.2) is 0 Å². The number of ether oxygens (including phenoxy) is 1. The molecule has 2 heteroatoms. The molecule has 0 heterocycles. The van der Waals surface area contributed by atoms with Gasteiger partial charge in [-0.05, 0) is 31.6 Å². The molecule has 2 unspecified atom stereocenters. The number of carbonyl (C=O) groups excluding carboxylic acids is 1. The summed E-state index contributed by atoms with van der Waals surface area (Å²) < 4.78 is 5.58. The molecule has 1 aliphatic rings. The molecule has 0 saturated heterocycles. The van der Waals surface area contributed by atoms with E-state index in [0.29, 0.717) is 5.92 Å². The first kappa shape index (κ1) is 16.7. The predicted molar refractivity (Wildman–Crippen MR) is 80.3 cm³/mol. The molecule has 0 aromatic rings. The molecule has 1 fully saturated rings. The van der Waals surface area contributed by atoms with Gasteiger partial charge < -0.3 is 9.53 Å². The van der Waals surface area contributed by atoms with Crippen LogP contribution in [0.2, 0.25) is 0 Å². The quantitative estimate of drug-likeness (QED) is 0.571. The van der Waals surface area contributed by atoms with Crippen LogP contribution in [0.5, 0.6) is 0 Å². The Hall–Kier alpha value is -0.370. The third-order valence-electron chi connectivity index (χ3n) is 5.05. The van der Waals surface area contributed by atoms with Crippen LogP contribution in [0.1, 0.15) is 71.6 Å². The summed E-state index contributed by atoms with van der Waals surface area (Å²) in [5, 5.41) is 0. The fraction of sp³-hybridized carbons (Fsp3) is 0.941. The van der Waals surface area contributed by atoms with E-state index < -0.39 is 0 Å².